The van der Waals surface area contributed by atoms with E-state index in [9.17, 15) is 9.59 Å². The molecule has 0 aliphatic rings. The molecule has 2 aromatic carbocycles. The van der Waals surface area contributed by atoms with Gasteiger partial charge in [0, 0.05) is 41.1 Å². The number of anilines is 1. The average Bonchev–Trinajstić information content (AvgIpc) is 3.05. The molecular weight excluding hydrogens is 378 g/mol. The lowest BCUT2D eigenvalue weighted by molar-refractivity contribution is -0.112. The number of hydrogen-bond donors (Lipinski definition) is 1. The number of carbonyl (C=O) groups excluding carboxylic acids is 2. The normalized spacial score (nSPS) is 10.7. The van der Waals surface area contributed by atoms with E-state index in [0.29, 0.717) is 23.7 Å². The zero-order valence-electron chi connectivity index (χ0n) is 16.8. The molecule has 2 heterocycles. The van der Waals surface area contributed by atoms with Crippen LogP contribution < -0.4 is 10.1 Å². The summed E-state index contributed by atoms with van der Waals surface area (Å²) >= 11 is 0. The second kappa shape index (κ2) is 8.21. The Morgan fingerprint density at radius 2 is 1.77 bits per heavy atom. The van der Waals surface area contributed by atoms with E-state index >= 15 is 0 Å². The van der Waals surface area contributed by atoms with Gasteiger partial charge in [0.25, 0.3) is 11.7 Å². The molecule has 30 heavy (non-hydrogen) atoms. The molecule has 0 fully saturated rings. The Kier molecular flexibility index (Phi) is 5.30. The van der Waals surface area contributed by atoms with Gasteiger partial charge in [-0.2, -0.15) is 0 Å². The van der Waals surface area contributed by atoms with Crippen molar-refractivity contribution < 1.29 is 14.3 Å². The van der Waals surface area contributed by atoms with Gasteiger partial charge in [0.2, 0.25) is 5.88 Å². The van der Waals surface area contributed by atoms with Crippen molar-refractivity contribution in [2.75, 3.05) is 12.4 Å². The quantitative estimate of drug-likeness (QED) is 0.389. The first kappa shape index (κ1) is 19.4. The van der Waals surface area contributed by atoms with E-state index < -0.39 is 11.7 Å². The molecule has 4 aromatic rings. The zero-order valence-corrected chi connectivity index (χ0v) is 16.8. The van der Waals surface area contributed by atoms with Gasteiger partial charge in [-0.3, -0.25) is 9.59 Å². The maximum Gasteiger partial charge on any atom is 0.296 e. The molecule has 0 aliphatic carbocycles. The maximum absolute atomic E-state index is 13.1. The number of ether oxygens (including phenoxy) is 1. The summed E-state index contributed by atoms with van der Waals surface area (Å²) in [4.78, 5) is 29.9. The van der Waals surface area contributed by atoms with Crippen LogP contribution in [0.2, 0.25) is 0 Å². The predicted molar refractivity (Wildman–Crippen MR) is 116 cm³/mol. The lowest BCUT2D eigenvalue weighted by Crippen LogP contribution is -2.23. The third-order valence-corrected chi connectivity index (χ3v) is 5.05. The van der Waals surface area contributed by atoms with E-state index in [1.165, 1.54) is 13.3 Å². The van der Waals surface area contributed by atoms with Crippen LogP contribution in [0.3, 0.4) is 0 Å². The summed E-state index contributed by atoms with van der Waals surface area (Å²) in [7, 11) is 1.49. The molecule has 0 atom stereocenters. The largest absolute Gasteiger partial charge is 0.481 e. The van der Waals surface area contributed by atoms with Crippen LogP contribution in [0.5, 0.6) is 5.88 Å². The number of hydrogen-bond acceptors (Lipinski definition) is 4. The Balaban J connectivity index is 1.70. The van der Waals surface area contributed by atoms with Crippen molar-refractivity contribution in [2.45, 2.75) is 13.5 Å². The molecule has 1 amide bonds. The summed E-state index contributed by atoms with van der Waals surface area (Å²) in [6, 6.07) is 20.8. The highest BCUT2D eigenvalue weighted by atomic mass is 16.5. The Hall–Kier alpha value is -3.93. The van der Waals surface area contributed by atoms with E-state index in [2.05, 4.69) is 14.9 Å². The number of benzene rings is 2. The molecular formula is C24H21N3O3. The summed E-state index contributed by atoms with van der Waals surface area (Å²) in [6.45, 7) is 2.49. The van der Waals surface area contributed by atoms with Crippen LogP contribution in [0.25, 0.3) is 10.9 Å². The number of methoxy groups -OCH3 is 1. The number of nitrogens with one attached hydrogen (secondary N) is 1. The molecule has 1 N–H and O–H groups in total. The van der Waals surface area contributed by atoms with Crippen molar-refractivity contribution in [3.05, 3.63) is 89.7 Å². The van der Waals surface area contributed by atoms with Crippen LogP contribution in [0.4, 0.5) is 5.69 Å². The fourth-order valence-corrected chi connectivity index (χ4v) is 3.59. The van der Waals surface area contributed by atoms with E-state index in [0.717, 1.165) is 22.2 Å². The standard InChI is InChI=1S/C24H21N3O3/c1-16-22(23(28)24(29)26-18-12-13-25-21(14-18)30-2)19-10-6-7-11-20(19)27(16)15-17-8-4-3-5-9-17/h3-14H,15H2,1-2H3,(H,25,26,29). The second-order valence-corrected chi connectivity index (χ2v) is 6.92. The highest BCUT2D eigenvalue weighted by Crippen LogP contribution is 2.28. The summed E-state index contributed by atoms with van der Waals surface area (Å²) in [6.07, 6.45) is 1.51. The molecule has 0 bridgehead atoms. The van der Waals surface area contributed by atoms with Gasteiger partial charge in [0.15, 0.2) is 0 Å². The van der Waals surface area contributed by atoms with Gasteiger partial charge >= 0.3 is 0 Å². The Bertz CT molecular complexity index is 1230. The molecule has 0 aliphatic heterocycles. The topological polar surface area (TPSA) is 73.2 Å². The average molecular weight is 399 g/mol. The van der Waals surface area contributed by atoms with Gasteiger partial charge in [0.1, 0.15) is 0 Å². The van der Waals surface area contributed by atoms with Crippen molar-refractivity contribution in [1.29, 1.82) is 0 Å². The molecule has 6 nitrogen and oxygen atoms in total. The van der Waals surface area contributed by atoms with Crippen LogP contribution in [-0.4, -0.2) is 28.4 Å². The molecule has 4 rings (SSSR count). The van der Waals surface area contributed by atoms with E-state index in [1.54, 1.807) is 12.1 Å². The molecule has 0 saturated heterocycles. The molecule has 2 aromatic heterocycles. The van der Waals surface area contributed by atoms with E-state index in [-0.39, 0.29) is 0 Å². The number of fused-ring (bicyclic) bond motifs is 1. The van der Waals surface area contributed by atoms with Gasteiger partial charge in [-0.25, -0.2) is 4.98 Å². The smallest absolute Gasteiger partial charge is 0.296 e. The monoisotopic (exact) mass is 399 g/mol. The number of para-hydroxylation sites is 1. The lowest BCUT2D eigenvalue weighted by Gasteiger charge is -2.09. The molecule has 0 spiro atoms. The van der Waals surface area contributed by atoms with Crippen molar-refractivity contribution >= 4 is 28.3 Å². The number of pyridine rings is 1. The van der Waals surface area contributed by atoms with Crippen LogP contribution in [0.15, 0.2) is 72.9 Å². The van der Waals surface area contributed by atoms with Crippen LogP contribution in [0.1, 0.15) is 21.6 Å². The summed E-state index contributed by atoms with van der Waals surface area (Å²) < 4.78 is 7.14. The second-order valence-electron chi connectivity index (χ2n) is 6.92. The van der Waals surface area contributed by atoms with E-state index in [1.807, 2.05) is 61.5 Å². The number of aromatic nitrogens is 2. The van der Waals surface area contributed by atoms with Gasteiger partial charge in [-0.05, 0) is 24.6 Å². The van der Waals surface area contributed by atoms with Crippen LogP contribution in [0, 0.1) is 6.92 Å². The van der Waals surface area contributed by atoms with Crippen molar-refractivity contribution in [3.8, 4) is 5.88 Å². The fourth-order valence-electron chi connectivity index (χ4n) is 3.59. The lowest BCUT2D eigenvalue weighted by atomic mass is 10.1. The third kappa shape index (κ3) is 3.67. The van der Waals surface area contributed by atoms with Gasteiger partial charge in [-0.1, -0.05) is 48.5 Å². The first-order valence-corrected chi connectivity index (χ1v) is 9.56. The fraction of sp³-hybridized carbons (Fsp3) is 0.125. The zero-order chi connectivity index (χ0) is 21.1. The number of Topliss-reactive ketones (excluding diaryl/α,β-unsaturated/α-hetero) is 1. The van der Waals surface area contributed by atoms with E-state index in [4.69, 9.17) is 4.74 Å². The summed E-state index contributed by atoms with van der Waals surface area (Å²) in [5, 5.41) is 3.41. The molecule has 150 valence electrons. The highest BCUT2D eigenvalue weighted by Gasteiger charge is 2.25. The Labute approximate surface area is 174 Å². The summed E-state index contributed by atoms with van der Waals surface area (Å²) in [5.41, 5.74) is 3.66. The van der Waals surface area contributed by atoms with Crippen molar-refractivity contribution in [1.82, 2.24) is 9.55 Å². The third-order valence-electron chi connectivity index (χ3n) is 5.05. The minimum Gasteiger partial charge on any atom is -0.481 e. The Morgan fingerprint density at radius 1 is 1.03 bits per heavy atom. The van der Waals surface area contributed by atoms with Gasteiger partial charge in [-0.15, -0.1) is 0 Å². The first-order chi connectivity index (χ1) is 14.6. The molecule has 0 saturated carbocycles. The number of amides is 1. The number of rotatable bonds is 6. The highest BCUT2D eigenvalue weighted by molar-refractivity contribution is 6.48. The molecule has 0 radical (unpaired) electrons. The number of nitrogens with zero attached hydrogens (tertiary/aromatic N) is 2. The minimum atomic E-state index is -0.700. The van der Waals surface area contributed by atoms with Gasteiger partial charge < -0.3 is 14.6 Å². The Morgan fingerprint density at radius 3 is 2.53 bits per heavy atom. The predicted octanol–water partition coefficient (Wildman–Crippen LogP) is 4.22. The van der Waals surface area contributed by atoms with Gasteiger partial charge in [0.05, 0.1) is 12.7 Å². The van der Waals surface area contributed by atoms with Crippen molar-refractivity contribution in [3.63, 3.8) is 0 Å². The SMILES string of the molecule is COc1cc(NC(=O)C(=O)c2c(C)n(Cc3ccccc3)c3ccccc23)ccn1. The number of ketones is 1. The minimum absolute atomic E-state index is 0.357. The van der Waals surface area contributed by atoms with Crippen LogP contribution in [-0.2, 0) is 11.3 Å². The molecule has 6 heteroatoms. The molecule has 0 unspecified atom stereocenters. The number of carbonyl (C=O) groups is 2. The summed E-state index contributed by atoms with van der Waals surface area (Å²) in [5.74, 6) is -0.920. The first-order valence-electron chi connectivity index (χ1n) is 9.56. The maximum atomic E-state index is 13.1. The van der Waals surface area contributed by atoms with Crippen LogP contribution >= 0.6 is 0 Å². The van der Waals surface area contributed by atoms with Crippen molar-refractivity contribution in [2.24, 2.45) is 0 Å².